The lowest BCUT2D eigenvalue weighted by Crippen LogP contribution is -2.46. The van der Waals surface area contributed by atoms with Crippen molar-refractivity contribution in [2.75, 3.05) is 19.7 Å². The summed E-state index contributed by atoms with van der Waals surface area (Å²) in [5.41, 5.74) is 0.238. The van der Waals surface area contributed by atoms with Gasteiger partial charge in [-0.05, 0) is 11.6 Å². The standard InChI is InChI=1S/C16H16F3N3O2/c17-16(18,19)12-3-1-2-11(6-12)7-13-9-22(4-5-24-13)15(23)14-8-20-10-21-14/h1-3,6,8,10,13H,4-5,7,9H2,(H,20,21)/t13-/m1/s1. The fourth-order valence-electron chi connectivity index (χ4n) is 2.71. The van der Waals surface area contributed by atoms with Crippen molar-refractivity contribution in [2.24, 2.45) is 0 Å². The van der Waals surface area contributed by atoms with Crippen molar-refractivity contribution in [3.05, 3.63) is 53.6 Å². The van der Waals surface area contributed by atoms with Crippen LogP contribution in [0.15, 0.2) is 36.8 Å². The molecule has 1 N–H and O–H groups in total. The highest BCUT2D eigenvalue weighted by Gasteiger charge is 2.31. The van der Waals surface area contributed by atoms with E-state index in [1.807, 2.05) is 0 Å². The fraction of sp³-hybridized carbons (Fsp3) is 0.375. The van der Waals surface area contributed by atoms with E-state index in [2.05, 4.69) is 9.97 Å². The second-order valence-electron chi connectivity index (χ2n) is 5.61. The van der Waals surface area contributed by atoms with Gasteiger partial charge in [0.1, 0.15) is 5.69 Å². The van der Waals surface area contributed by atoms with Crippen LogP contribution < -0.4 is 0 Å². The summed E-state index contributed by atoms with van der Waals surface area (Å²) in [6.07, 6.45) is -1.52. The predicted molar refractivity (Wildman–Crippen MR) is 79.4 cm³/mol. The first-order valence-corrected chi connectivity index (χ1v) is 7.49. The molecule has 0 radical (unpaired) electrons. The first-order chi connectivity index (χ1) is 11.4. The van der Waals surface area contributed by atoms with Crippen molar-refractivity contribution in [2.45, 2.75) is 18.7 Å². The van der Waals surface area contributed by atoms with Gasteiger partial charge < -0.3 is 14.6 Å². The number of nitrogens with zero attached hydrogens (tertiary/aromatic N) is 2. The largest absolute Gasteiger partial charge is 0.416 e. The number of amides is 1. The molecule has 2 aromatic rings. The highest BCUT2D eigenvalue weighted by molar-refractivity contribution is 5.92. The topological polar surface area (TPSA) is 58.2 Å². The molecule has 24 heavy (non-hydrogen) atoms. The van der Waals surface area contributed by atoms with Crippen LogP contribution in [0.3, 0.4) is 0 Å². The molecule has 8 heteroatoms. The number of hydrogen-bond donors (Lipinski definition) is 1. The van der Waals surface area contributed by atoms with Gasteiger partial charge in [0.15, 0.2) is 0 Å². The van der Waals surface area contributed by atoms with Gasteiger partial charge in [0.25, 0.3) is 5.91 Å². The highest BCUT2D eigenvalue weighted by atomic mass is 19.4. The minimum atomic E-state index is -4.37. The van der Waals surface area contributed by atoms with E-state index in [-0.39, 0.29) is 12.0 Å². The van der Waals surface area contributed by atoms with E-state index < -0.39 is 11.7 Å². The Kier molecular flexibility index (Phi) is 4.57. The van der Waals surface area contributed by atoms with Crippen LogP contribution in [0.2, 0.25) is 0 Å². The second kappa shape index (κ2) is 6.64. The molecular formula is C16H16F3N3O2. The molecule has 1 aliphatic rings. The molecule has 1 amide bonds. The van der Waals surface area contributed by atoms with Gasteiger partial charge in [-0.15, -0.1) is 0 Å². The van der Waals surface area contributed by atoms with Gasteiger partial charge >= 0.3 is 6.18 Å². The third-order valence-electron chi connectivity index (χ3n) is 3.87. The van der Waals surface area contributed by atoms with E-state index in [1.54, 1.807) is 11.0 Å². The van der Waals surface area contributed by atoms with Gasteiger partial charge in [-0.2, -0.15) is 13.2 Å². The number of carbonyl (C=O) groups is 1. The van der Waals surface area contributed by atoms with Crippen LogP contribution in [0.5, 0.6) is 0 Å². The summed E-state index contributed by atoms with van der Waals surface area (Å²) in [6, 6.07) is 5.18. The van der Waals surface area contributed by atoms with Crippen molar-refractivity contribution >= 4 is 5.91 Å². The Bertz CT molecular complexity index is 701. The van der Waals surface area contributed by atoms with Gasteiger partial charge in [0.05, 0.1) is 30.8 Å². The van der Waals surface area contributed by atoms with E-state index >= 15 is 0 Å². The number of halogens is 3. The molecule has 1 atom stereocenters. The molecular weight excluding hydrogens is 323 g/mol. The third kappa shape index (κ3) is 3.76. The van der Waals surface area contributed by atoms with Crippen LogP contribution in [0.1, 0.15) is 21.6 Å². The molecule has 1 fully saturated rings. The van der Waals surface area contributed by atoms with Gasteiger partial charge in [0, 0.05) is 19.5 Å². The van der Waals surface area contributed by atoms with Crippen molar-refractivity contribution in [3.63, 3.8) is 0 Å². The van der Waals surface area contributed by atoms with Crippen LogP contribution in [-0.4, -0.2) is 46.6 Å². The molecule has 3 rings (SSSR count). The SMILES string of the molecule is O=C(c1cnc[nH]1)N1CCO[C@H](Cc2cccc(C(F)(F)F)c2)C1. The highest BCUT2D eigenvalue weighted by Crippen LogP contribution is 2.30. The average Bonchev–Trinajstić information content (AvgIpc) is 3.08. The van der Waals surface area contributed by atoms with E-state index in [0.29, 0.717) is 37.4 Å². The summed E-state index contributed by atoms with van der Waals surface area (Å²) in [5, 5.41) is 0. The monoisotopic (exact) mass is 339 g/mol. The number of hydrogen-bond acceptors (Lipinski definition) is 3. The zero-order valence-corrected chi connectivity index (χ0v) is 12.7. The molecule has 1 aromatic carbocycles. The number of benzene rings is 1. The number of aromatic amines is 1. The van der Waals surface area contributed by atoms with Crippen LogP contribution in [-0.2, 0) is 17.3 Å². The Labute approximate surface area is 136 Å². The van der Waals surface area contributed by atoms with Gasteiger partial charge in [-0.1, -0.05) is 18.2 Å². The van der Waals surface area contributed by atoms with Gasteiger partial charge in [-0.3, -0.25) is 4.79 Å². The average molecular weight is 339 g/mol. The number of carbonyl (C=O) groups excluding carboxylic acids is 1. The molecule has 1 saturated heterocycles. The van der Waals surface area contributed by atoms with Gasteiger partial charge in [0.2, 0.25) is 0 Å². The Balaban J connectivity index is 1.67. The normalized spacial score (nSPS) is 18.6. The summed E-state index contributed by atoms with van der Waals surface area (Å²) >= 11 is 0. The number of ether oxygens (including phenoxy) is 1. The molecule has 2 heterocycles. The molecule has 0 aliphatic carbocycles. The maximum atomic E-state index is 12.8. The summed E-state index contributed by atoms with van der Waals surface area (Å²) < 4.78 is 43.9. The van der Waals surface area contributed by atoms with E-state index in [4.69, 9.17) is 4.74 Å². The Morgan fingerprint density at radius 2 is 2.25 bits per heavy atom. The third-order valence-corrected chi connectivity index (χ3v) is 3.87. The Morgan fingerprint density at radius 3 is 2.96 bits per heavy atom. The lowest BCUT2D eigenvalue weighted by molar-refractivity contribution is -0.137. The number of nitrogens with one attached hydrogen (secondary N) is 1. The maximum Gasteiger partial charge on any atom is 0.416 e. The van der Waals surface area contributed by atoms with Crippen LogP contribution in [0.4, 0.5) is 13.2 Å². The van der Waals surface area contributed by atoms with Crippen LogP contribution in [0.25, 0.3) is 0 Å². The minimum Gasteiger partial charge on any atom is -0.374 e. The van der Waals surface area contributed by atoms with E-state index in [0.717, 1.165) is 12.1 Å². The number of aromatic nitrogens is 2. The Hall–Kier alpha value is -2.35. The number of H-pyrrole nitrogens is 1. The van der Waals surface area contributed by atoms with Crippen LogP contribution >= 0.6 is 0 Å². The number of imidazole rings is 1. The first-order valence-electron chi connectivity index (χ1n) is 7.49. The zero-order chi connectivity index (χ0) is 17.2. The number of alkyl halides is 3. The molecule has 0 spiro atoms. The molecule has 5 nitrogen and oxygen atoms in total. The quantitative estimate of drug-likeness (QED) is 0.935. The van der Waals surface area contributed by atoms with Crippen molar-refractivity contribution in [3.8, 4) is 0 Å². The molecule has 128 valence electrons. The fourth-order valence-corrected chi connectivity index (χ4v) is 2.71. The minimum absolute atomic E-state index is 0.190. The summed E-state index contributed by atoms with van der Waals surface area (Å²) in [4.78, 5) is 20.5. The van der Waals surface area contributed by atoms with Crippen molar-refractivity contribution < 1.29 is 22.7 Å². The summed E-state index contributed by atoms with van der Waals surface area (Å²) in [6.45, 7) is 1.12. The molecule has 0 unspecified atom stereocenters. The predicted octanol–water partition coefficient (Wildman–Crippen LogP) is 2.51. The summed E-state index contributed by atoms with van der Waals surface area (Å²) in [5.74, 6) is -0.190. The van der Waals surface area contributed by atoms with E-state index in [9.17, 15) is 18.0 Å². The van der Waals surface area contributed by atoms with Gasteiger partial charge in [-0.25, -0.2) is 4.98 Å². The number of rotatable bonds is 3. The lowest BCUT2D eigenvalue weighted by atomic mass is 10.0. The molecule has 1 aliphatic heterocycles. The lowest BCUT2D eigenvalue weighted by Gasteiger charge is -2.32. The van der Waals surface area contributed by atoms with E-state index in [1.165, 1.54) is 18.6 Å². The Morgan fingerprint density at radius 1 is 1.42 bits per heavy atom. The second-order valence-corrected chi connectivity index (χ2v) is 5.61. The summed E-state index contributed by atoms with van der Waals surface area (Å²) in [7, 11) is 0. The van der Waals surface area contributed by atoms with Crippen molar-refractivity contribution in [1.29, 1.82) is 0 Å². The maximum absolute atomic E-state index is 12.8. The first kappa shape index (κ1) is 16.5. The van der Waals surface area contributed by atoms with Crippen molar-refractivity contribution in [1.82, 2.24) is 14.9 Å². The zero-order valence-electron chi connectivity index (χ0n) is 12.7. The molecule has 0 saturated carbocycles. The smallest absolute Gasteiger partial charge is 0.374 e. The molecule has 1 aromatic heterocycles. The molecule has 0 bridgehead atoms. The van der Waals surface area contributed by atoms with Crippen LogP contribution in [0, 0.1) is 0 Å². The number of morpholine rings is 1.